The zero-order valence-corrected chi connectivity index (χ0v) is 14.1. The lowest BCUT2D eigenvalue weighted by atomic mass is 9.97. The molecule has 2 N–H and O–H groups in total. The molecule has 0 saturated carbocycles. The van der Waals surface area contributed by atoms with E-state index < -0.39 is 0 Å². The molecule has 1 atom stereocenters. The first-order valence-electron chi connectivity index (χ1n) is 8.43. The van der Waals surface area contributed by atoms with E-state index in [0.717, 1.165) is 49.7 Å². The Labute approximate surface area is 138 Å². The maximum absolute atomic E-state index is 6.42. The SMILES string of the molecule is CCN1CCN(c2cc(C)c([C@H](N)c3ccccc3)cn2)CC1. The van der Waals surface area contributed by atoms with Crippen molar-refractivity contribution in [1.82, 2.24) is 9.88 Å². The van der Waals surface area contributed by atoms with Gasteiger partial charge in [0.05, 0.1) is 6.04 Å². The Hall–Kier alpha value is -1.91. The summed E-state index contributed by atoms with van der Waals surface area (Å²) in [5.41, 5.74) is 9.86. The number of hydrogen-bond acceptors (Lipinski definition) is 4. The van der Waals surface area contributed by atoms with Crippen LogP contribution in [0.3, 0.4) is 0 Å². The molecule has 0 radical (unpaired) electrons. The maximum Gasteiger partial charge on any atom is 0.128 e. The Morgan fingerprint density at radius 1 is 1.13 bits per heavy atom. The fraction of sp³-hybridized carbons (Fsp3) is 0.421. The van der Waals surface area contributed by atoms with Crippen LogP contribution < -0.4 is 10.6 Å². The summed E-state index contributed by atoms with van der Waals surface area (Å²) >= 11 is 0. The summed E-state index contributed by atoms with van der Waals surface area (Å²) in [4.78, 5) is 9.54. The van der Waals surface area contributed by atoms with E-state index in [0.29, 0.717) is 0 Å². The molecule has 1 aliphatic heterocycles. The Bertz CT molecular complexity index is 633. The number of anilines is 1. The van der Waals surface area contributed by atoms with Crippen LogP contribution in [0.1, 0.15) is 29.7 Å². The van der Waals surface area contributed by atoms with Gasteiger partial charge in [-0.05, 0) is 36.2 Å². The average molecular weight is 310 g/mol. The lowest BCUT2D eigenvalue weighted by molar-refractivity contribution is 0.270. The van der Waals surface area contributed by atoms with Crippen molar-refractivity contribution in [3.63, 3.8) is 0 Å². The zero-order chi connectivity index (χ0) is 16.2. The molecule has 0 bridgehead atoms. The van der Waals surface area contributed by atoms with Crippen molar-refractivity contribution in [2.24, 2.45) is 5.73 Å². The normalized spacial score (nSPS) is 17.3. The number of nitrogens with two attached hydrogens (primary N) is 1. The number of pyridine rings is 1. The van der Waals surface area contributed by atoms with E-state index in [1.165, 1.54) is 5.56 Å². The van der Waals surface area contributed by atoms with Crippen LogP contribution in [0.4, 0.5) is 5.82 Å². The van der Waals surface area contributed by atoms with Gasteiger partial charge in [0.15, 0.2) is 0 Å². The number of likely N-dealkylation sites (N-methyl/N-ethyl adjacent to an activating group) is 1. The van der Waals surface area contributed by atoms with Crippen molar-refractivity contribution in [2.75, 3.05) is 37.6 Å². The highest BCUT2D eigenvalue weighted by atomic mass is 15.3. The monoisotopic (exact) mass is 310 g/mol. The van der Waals surface area contributed by atoms with Gasteiger partial charge in [-0.25, -0.2) is 4.98 Å². The van der Waals surface area contributed by atoms with Crippen molar-refractivity contribution in [3.8, 4) is 0 Å². The molecule has 2 aromatic rings. The summed E-state index contributed by atoms with van der Waals surface area (Å²) < 4.78 is 0. The van der Waals surface area contributed by atoms with Gasteiger partial charge in [0.25, 0.3) is 0 Å². The standard InChI is InChI=1S/C19H26N4/c1-3-22-9-11-23(12-10-22)18-13-15(2)17(14-21-18)19(20)16-7-5-4-6-8-16/h4-8,13-14,19H,3,9-12,20H2,1-2H3/t19-/m1/s1. The quantitative estimate of drug-likeness (QED) is 0.943. The van der Waals surface area contributed by atoms with E-state index in [-0.39, 0.29) is 6.04 Å². The summed E-state index contributed by atoms with van der Waals surface area (Å²) in [6.07, 6.45) is 1.95. The number of benzene rings is 1. The molecule has 4 nitrogen and oxygen atoms in total. The fourth-order valence-electron chi connectivity index (χ4n) is 3.18. The van der Waals surface area contributed by atoms with E-state index >= 15 is 0 Å². The van der Waals surface area contributed by atoms with Crippen molar-refractivity contribution < 1.29 is 0 Å². The second-order valence-electron chi connectivity index (χ2n) is 6.21. The minimum absolute atomic E-state index is 0.116. The molecule has 2 heterocycles. The van der Waals surface area contributed by atoms with E-state index in [2.05, 4.69) is 46.8 Å². The molecule has 23 heavy (non-hydrogen) atoms. The summed E-state index contributed by atoms with van der Waals surface area (Å²) in [5, 5.41) is 0. The number of nitrogens with zero attached hydrogens (tertiary/aromatic N) is 3. The van der Waals surface area contributed by atoms with E-state index in [1.54, 1.807) is 0 Å². The van der Waals surface area contributed by atoms with Crippen LogP contribution in [0.5, 0.6) is 0 Å². The molecule has 1 aromatic heterocycles. The first-order valence-corrected chi connectivity index (χ1v) is 8.43. The number of hydrogen-bond donors (Lipinski definition) is 1. The number of aromatic nitrogens is 1. The van der Waals surface area contributed by atoms with Crippen LogP contribution >= 0.6 is 0 Å². The second kappa shape index (κ2) is 7.11. The summed E-state index contributed by atoms with van der Waals surface area (Å²) in [6, 6.07) is 12.3. The van der Waals surface area contributed by atoms with Crippen molar-refractivity contribution in [3.05, 3.63) is 59.3 Å². The largest absolute Gasteiger partial charge is 0.354 e. The minimum Gasteiger partial charge on any atom is -0.354 e. The third-order valence-electron chi connectivity index (χ3n) is 4.77. The third kappa shape index (κ3) is 3.54. The molecule has 1 aromatic carbocycles. The van der Waals surface area contributed by atoms with Crippen LogP contribution in [0.25, 0.3) is 0 Å². The van der Waals surface area contributed by atoms with Crippen molar-refractivity contribution >= 4 is 5.82 Å². The van der Waals surface area contributed by atoms with Crippen molar-refractivity contribution in [1.29, 1.82) is 0 Å². The summed E-state index contributed by atoms with van der Waals surface area (Å²) in [7, 11) is 0. The molecular weight excluding hydrogens is 284 g/mol. The highest BCUT2D eigenvalue weighted by Gasteiger charge is 2.18. The topological polar surface area (TPSA) is 45.4 Å². The lowest BCUT2D eigenvalue weighted by Crippen LogP contribution is -2.46. The molecule has 3 rings (SSSR count). The van der Waals surface area contributed by atoms with Crippen LogP contribution in [0, 0.1) is 6.92 Å². The third-order valence-corrected chi connectivity index (χ3v) is 4.77. The van der Waals surface area contributed by atoms with Crippen molar-refractivity contribution in [2.45, 2.75) is 19.9 Å². The smallest absolute Gasteiger partial charge is 0.128 e. The van der Waals surface area contributed by atoms with Gasteiger partial charge < -0.3 is 15.5 Å². The van der Waals surface area contributed by atoms with Gasteiger partial charge >= 0.3 is 0 Å². The number of piperazine rings is 1. The predicted molar refractivity (Wildman–Crippen MR) is 95.8 cm³/mol. The van der Waals surface area contributed by atoms with E-state index in [9.17, 15) is 0 Å². The molecule has 0 aliphatic carbocycles. The van der Waals surface area contributed by atoms with Gasteiger partial charge in [-0.2, -0.15) is 0 Å². The lowest BCUT2D eigenvalue weighted by Gasteiger charge is -2.35. The van der Waals surface area contributed by atoms with Gasteiger partial charge in [0.2, 0.25) is 0 Å². The molecule has 122 valence electrons. The van der Waals surface area contributed by atoms with E-state index in [1.807, 2.05) is 24.4 Å². The first-order chi connectivity index (χ1) is 11.2. The Morgan fingerprint density at radius 2 is 1.83 bits per heavy atom. The maximum atomic E-state index is 6.42. The first kappa shape index (κ1) is 16.0. The average Bonchev–Trinajstić information content (AvgIpc) is 2.62. The highest BCUT2D eigenvalue weighted by Crippen LogP contribution is 2.25. The highest BCUT2D eigenvalue weighted by molar-refractivity contribution is 5.46. The van der Waals surface area contributed by atoms with E-state index in [4.69, 9.17) is 5.73 Å². The van der Waals surface area contributed by atoms with Gasteiger partial charge in [0, 0.05) is 32.4 Å². The molecule has 0 amide bonds. The minimum atomic E-state index is -0.116. The Balaban J connectivity index is 1.76. The van der Waals surface area contributed by atoms with Gasteiger partial charge in [0.1, 0.15) is 5.82 Å². The van der Waals surface area contributed by atoms with Crippen LogP contribution in [-0.4, -0.2) is 42.6 Å². The molecule has 1 saturated heterocycles. The summed E-state index contributed by atoms with van der Waals surface area (Å²) in [5.74, 6) is 1.07. The predicted octanol–water partition coefficient (Wildman–Crippen LogP) is 2.58. The zero-order valence-electron chi connectivity index (χ0n) is 14.1. The molecule has 1 aliphatic rings. The van der Waals surface area contributed by atoms with Gasteiger partial charge in [-0.15, -0.1) is 0 Å². The Morgan fingerprint density at radius 3 is 2.43 bits per heavy atom. The molecule has 0 spiro atoms. The van der Waals surface area contributed by atoms with Gasteiger partial charge in [-0.3, -0.25) is 0 Å². The Kier molecular flexibility index (Phi) is 4.94. The van der Waals surface area contributed by atoms with Gasteiger partial charge in [-0.1, -0.05) is 37.3 Å². The molecular formula is C19H26N4. The van der Waals surface area contributed by atoms with Crippen LogP contribution in [0.2, 0.25) is 0 Å². The summed E-state index contributed by atoms with van der Waals surface area (Å²) in [6.45, 7) is 9.80. The molecule has 4 heteroatoms. The van der Waals surface area contributed by atoms with Crippen LogP contribution in [0.15, 0.2) is 42.6 Å². The van der Waals surface area contributed by atoms with Crippen LogP contribution in [-0.2, 0) is 0 Å². The molecule has 1 fully saturated rings. The number of aryl methyl sites for hydroxylation is 1. The number of rotatable bonds is 4. The fourth-order valence-corrected chi connectivity index (χ4v) is 3.18. The molecule has 0 unspecified atom stereocenters. The second-order valence-corrected chi connectivity index (χ2v) is 6.21.